The molecule has 4 nitrogen and oxygen atoms in total. The van der Waals surface area contributed by atoms with Gasteiger partial charge in [0.15, 0.2) is 0 Å². The lowest BCUT2D eigenvalue weighted by molar-refractivity contribution is 0.0522. The molecule has 1 N–H and O–H groups in total. The van der Waals surface area contributed by atoms with E-state index in [1.54, 1.807) is 19.9 Å². The summed E-state index contributed by atoms with van der Waals surface area (Å²) >= 11 is 3.16. The Hall–Kier alpha value is -1.23. The summed E-state index contributed by atoms with van der Waals surface area (Å²) in [5, 5.41) is 9.86. The molecule has 0 aliphatic carbocycles. The number of benzene rings is 1. The molecule has 0 aromatic heterocycles. The third kappa shape index (κ3) is 2.29. The number of esters is 1. The van der Waals surface area contributed by atoms with Crippen molar-refractivity contribution in [2.24, 2.45) is 0 Å². The van der Waals surface area contributed by atoms with Crippen LogP contribution < -0.4 is 4.74 Å². The van der Waals surface area contributed by atoms with Crippen LogP contribution in [0.1, 0.15) is 22.8 Å². The number of carbonyl (C=O) groups is 1. The van der Waals surface area contributed by atoms with E-state index in [0.717, 1.165) is 0 Å². The van der Waals surface area contributed by atoms with Gasteiger partial charge in [0.25, 0.3) is 0 Å². The smallest absolute Gasteiger partial charge is 0.342 e. The second-order valence-electron chi connectivity index (χ2n) is 3.15. The minimum Gasteiger partial charge on any atom is -0.506 e. The number of aryl methyl sites for hydroxylation is 1. The van der Waals surface area contributed by atoms with Crippen LogP contribution in [0.2, 0.25) is 0 Å². The molecule has 1 aromatic carbocycles. The van der Waals surface area contributed by atoms with E-state index in [9.17, 15) is 9.90 Å². The summed E-state index contributed by atoms with van der Waals surface area (Å²) in [6.07, 6.45) is 0. The lowest BCUT2D eigenvalue weighted by Gasteiger charge is -2.12. The zero-order chi connectivity index (χ0) is 12.3. The largest absolute Gasteiger partial charge is 0.506 e. The first-order valence-corrected chi connectivity index (χ1v) is 5.55. The van der Waals surface area contributed by atoms with Crippen molar-refractivity contribution in [3.63, 3.8) is 0 Å². The van der Waals surface area contributed by atoms with Gasteiger partial charge >= 0.3 is 5.97 Å². The van der Waals surface area contributed by atoms with E-state index >= 15 is 0 Å². The minimum absolute atomic E-state index is 0.157. The molecule has 0 aliphatic rings. The fourth-order valence-corrected chi connectivity index (χ4v) is 1.83. The van der Waals surface area contributed by atoms with Crippen molar-refractivity contribution in [2.75, 3.05) is 13.7 Å². The van der Waals surface area contributed by atoms with Gasteiger partial charge in [0.05, 0.1) is 13.7 Å². The van der Waals surface area contributed by atoms with Crippen molar-refractivity contribution in [1.29, 1.82) is 0 Å². The number of ether oxygens (including phenoxy) is 2. The molecule has 0 bridgehead atoms. The number of carbonyl (C=O) groups excluding carboxylic acids is 1. The summed E-state index contributed by atoms with van der Waals surface area (Å²) in [6.45, 7) is 3.69. The highest BCUT2D eigenvalue weighted by molar-refractivity contribution is 9.10. The Bertz CT molecular complexity index is 415. The maximum atomic E-state index is 11.6. The Morgan fingerprint density at radius 3 is 2.69 bits per heavy atom. The minimum atomic E-state index is -0.541. The van der Waals surface area contributed by atoms with E-state index in [4.69, 9.17) is 9.47 Å². The van der Waals surface area contributed by atoms with Gasteiger partial charge in [-0.1, -0.05) is 0 Å². The number of hydrogen-bond donors (Lipinski definition) is 1. The normalized spacial score (nSPS) is 10.0. The van der Waals surface area contributed by atoms with Gasteiger partial charge in [0, 0.05) is 0 Å². The van der Waals surface area contributed by atoms with Crippen molar-refractivity contribution < 1.29 is 19.4 Å². The Morgan fingerprint density at radius 1 is 1.56 bits per heavy atom. The molecular formula is C11H13BrO4. The number of phenolic OH excluding ortho intramolecular Hbond substituents is 1. The summed E-state index contributed by atoms with van der Waals surface area (Å²) in [6, 6.07) is 1.66. The number of halogens is 1. The number of rotatable bonds is 3. The van der Waals surface area contributed by atoms with Crippen molar-refractivity contribution in [3.05, 3.63) is 21.7 Å². The molecular weight excluding hydrogens is 276 g/mol. The molecule has 0 radical (unpaired) electrons. The van der Waals surface area contributed by atoms with Gasteiger partial charge in [0.2, 0.25) is 0 Å². The van der Waals surface area contributed by atoms with Gasteiger partial charge in [-0.25, -0.2) is 4.79 Å². The van der Waals surface area contributed by atoms with Crippen LogP contribution in [-0.4, -0.2) is 24.8 Å². The molecule has 0 aliphatic heterocycles. The predicted molar refractivity (Wildman–Crippen MR) is 63.1 cm³/mol. The summed E-state index contributed by atoms with van der Waals surface area (Å²) in [5.41, 5.74) is 0.769. The van der Waals surface area contributed by atoms with Crippen LogP contribution in [0.25, 0.3) is 0 Å². The van der Waals surface area contributed by atoms with Crippen LogP contribution in [0.5, 0.6) is 11.5 Å². The number of hydrogen-bond acceptors (Lipinski definition) is 4. The van der Waals surface area contributed by atoms with E-state index in [-0.39, 0.29) is 17.9 Å². The second kappa shape index (κ2) is 5.21. The SMILES string of the molecule is CCOC(=O)c1c(C)cc(OC)c(Br)c1O. The Kier molecular flexibility index (Phi) is 4.18. The molecule has 0 amide bonds. The summed E-state index contributed by atoms with van der Waals surface area (Å²) in [5.74, 6) is -0.223. The number of phenols is 1. The first kappa shape index (κ1) is 12.8. The van der Waals surface area contributed by atoms with Crippen molar-refractivity contribution >= 4 is 21.9 Å². The molecule has 5 heteroatoms. The number of methoxy groups -OCH3 is 1. The molecule has 0 fully saturated rings. The zero-order valence-corrected chi connectivity index (χ0v) is 10.9. The fourth-order valence-electron chi connectivity index (χ4n) is 1.35. The molecule has 16 heavy (non-hydrogen) atoms. The summed E-state index contributed by atoms with van der Waals surface area (Å²) in [7, 11) is 1.49. The third-order valence-corrected chi connectivity index (χ3v) is 2.87. The molecule has 0 spiro atoms. The van der Waals surface area contributed by atoms with Crippen molar-refractivity contribution in [3.8, 4) is 11.5 Å². The number of aromatic hydroxyl groups is 1. The maximum Gasteiger partial charge on any atom is 0.342 e. The quantitative estimate of drug-likeness (QED) is 0.869. The first-order valence-electron chi connectivity index (χ1n) is 4.76. The van der Waals surface area contributed by atoms with E-state index < -0.39 is 5.97 Å². The monoisotopic (exact) mass is 288 g/mol. The zero-order valence-electron chi connectivity index (χ0n) is 9.33. The van der Waals surface area contributed by atoms with Crippen LogP contribution in [0, 0.1) is 6.92 Å². The summed E-state index contributed by atoms with van der Waals surface area (Å²) < 4.78 is 10.3. The van der Waals surface area contributed by atoms with Gasteiger partial charge < -0.3 is 14.6 Å². The predicted octanol–water partition coefficient (Wildman–Crippen LogP) is 2.65. The van der Waals surface area contributed by atoms with Crippen LogP contribution in [0.4, 0.5) is 0 Å². The Balaban J connectivity index is 3.30. The highest BCUT2D eigenvalue weighted by Crippen LogP contribution is 2.38. The lowest BCUT2D eigenvalue weighted by atomic mass is 10.1. The van der Waals surface area contributed by atoms with Crippen LogP contribution in [0.15, 0.2) is 10.5 Å². The molecule has 0 atom stereocenters. The average Bonchev–Trinajstić information content (AvgIpc) is 2.24. The molecule has 0 unspecified atom stereocenters. The topological polar surface area (TPSA) is 55.8 Å². The van der Waals surface area contributed by atoms with Crippen molar-refractivity contribution in [2.45, 2.75) is 13.8 Å². The van der Waals surface area contributed by atoms with E-state index in [1.807, 2.05) is 0 Å². The molecule has 0 saturated heterocycles. The highest BCUT2D eigenvalue weighted by Gasteiger charge is 2.20. The van der Waals surface area contributed by atoms with Crippen molar-refractivity contribution in [1.82, 2.24) is 0 Å². The average molecular weight is 289 g/mol. The fraction of sp³-hybridized carbons (Fsp3) is 0.364. The van der Waals surface area contributed by atoms with E-state index in [0.29, 0.717) is 15.8 Å². The summed E-state index contributed by atoms with van der Waals surface area (Å²) in [4.78, 5) is 11.6. The second-order valence-corrected chi connectivity index (χ2v) is 3.95. The van der Waals surface area contributed by atoms with Gasteiger partial charge in [-0.05, 0) is 41.4 Å². The van der Waals surface area contributed by atoms with Gasteiger partial charge in [0.1, 0.15) is 21.5 Å². The third-order valence-electron chi connectivity index (χ3n) is 2.10. The molecule has 1 rings (SSSR count). The van der Waals surface area contributed by atoms with Crippen LogP contribution in [-0.2, 0) is 4.74 Å². The molecule has 0 saturated carbocycles. The van der Waals surface area contributed by atoms with E-state index in [2.05, 4.69) is 15.9 Å². The highest BCUT2D eigenvalue weighted by atomic mass is 79.9. The molecule has 1 aromatic rings. The van der Waals surface area contributed by atoms with Crippen LogP contribution in [0.3, 0.4) is 0 Å². The Morgan fingerprint density at radius 2 is 2.19 bits per heavy atom. The van der Waals surface area contributed by atoms with E-state index in [1.165, 1.54) is 7.11 Å². The molecule has 0 heterocycles. The maximum absolute atomic E-state index is 11.6. The molecule has 88 valence electrons. The lowest BCUT2D eigenvalue weighted by Crippen LogP contribution is -2.07. The standard InChI is InChI=1S/C11H13BrO4/c1-4-16-11(14)8-6(2)5-7(15-3)9(12)10(8)13/h5,13H,4H2,1-3H3. The Labute approximate surface area is 102 Å². The van der Waals surface area contributed by atoms with Gasteiger partial charge in [-0.2, -0.15) is 0 Å². The van der Waals surface area contributed by atoms with Gasteiger partial charge in [-0.15, -0.1) is 0 Å². The van der Waals surface area contributed by atoms with Gasteiger partial charge in [-0.3, -0.25) is 0 Å². The first-order chi connectivity index (χ1) is 7.52. The van der Waals surface area contributed by atoms with Crippen LogP contribution >= 0.6 is 15.9 Å².